The van der Waals surface area contributed by atoms with Crippen LogP contribution in [0.15, 0.2) is 60.7 Å². The zero-order valence-electron chi connectivity index (χ0n) is 23.6. The van der Waals surface area contributed by atoms with Crippen molar-refractivity contribution in [2.24, 2.45) is 11.1 Å². The van der Waals surface area contributed by atoms with Crippen LogP contribution in [-0.4, -0.2) is 29.8 Å². The summed E-state index contributed by atoms with van der Waals surface area (Å²) in [5.74, 6) is -2.76. The maximum absolute atomic E-state index is 15.9. The lowest BCUT2D eigenvalue weighted by molar-refractivity contribution is -0.122. The van der Waals surface area contributed by atoms with Crippen LogP contribution < -0.4 is 21.7 Å². The van der Waals surface area contributed by atoms with E-state index in [4.69, 9.17) is 28.9 Å². The van der Waals surface area contributed by atoms with Gasteiger partial charge in [0.1, 0.15) is 11.2 Å². The van der Waals surface area contributed by atoms with E-state index >= 15 is 4.39 Å². The highest BCUT2D eigenvalue weighted by Crippen LogP contribution is 2.57. The molecule has 5 rings (SSSR count). The Morgan fingerprint density at radius 3 is 2.45 bits per heavy atom. The van der Waals surface area contributed by atoms with E-state index < -0.39 is 41.0 Å². The summed E-state index contributed by atoms with van der Waals surface area (Å²) in [6.07, 6.45) is 1.22. The summed E-state index contributed by atoms with van der Waals surface area (Å²) in [6.45, 7) is 6.17. The van der Waals surface area contributed by atoms with E-state index in [0.717, 1.165) is 5.56 Å². The highest BCUT2D eigenvalue weighted by Gasteiger charge is 2.66. The van der Waals surface area contributed by atoms with Gasteiger partial charge < -0.3 is 21.7 Å². The predicted octanol–water partition coefficient (Wildman–Crippen LogP) is 5.94. The third kappa shape index (κ3) is 5.51. The van der Waals surface area contributed by atoms with Crippen molar-refractivity contribution in [3.8, 4) is 0 Å². The van der Waals surface area contributed by atoms with Gasteiger partial charge in [-0.3, -0.25) is 14.4 Å². The molecule has 4 atom stereocenters. The summed E-state index contributed by atoms with van der Waals surface area (Å²) < 4.78 is 15.9. The van der Waals surface area contributed by atoms with E-state index in [9.17, 15) is 14.4 Å². The highest BCUT2D eigenvalue weighted by molar-refractivity contribution is 6.31. The van der Waals surface area contributed by atoms with Gasteiger partial charge in [-0.15, -0.1) is 0 Å². The van der Waals surface area contributed by atoms with Crippen LogP contribution in [0.5, 0.6) is 0 Å². The maximum Gasteiger partial charge on any atom is 0.242 e. The molecule has 0 aromatic heterocycles. The molecule has 0 aliphatic carbocycles. The Balaban J connectivity index is 1.62. The average molecular weight is 612 g/mol. The Morgan fingerprint density at radius 1 is 1.07 bits per heavy atom. The van der Waals surface area contributed by atoms with Crippen molar-refractivity contribution in [3.63, 3.8) is 0 Å². The van der Waals surface area contributed by atoms with Gasteiger partial charge in [-0.2, -0.15) is 0 Å². The third-order valence-corrected chi connectivity index (χ3v) is 8.63. The normalized spacial score (nSPS) is 23.1. The quantitative estimate of drug-likeness (QED) is 0.265. The van der Waals surface area contributed by atoms with Gasteiger partial charge in [0, 0.05) is 34.8 Å². The SMILES string of the molecule is CC(C)(C)CC1NC(C(=O)Nc2ccc(CCC(N)=O)cc2)C(c2cccc(Cl)c2F)C12C(=O)Nc1cc(Cl)ccc12. The maximum atomic E-state index is 15.9. The molecule has 220 valence electrons. The zero-order valence-corrected chi connectivity index (χ0v) is 25.1. The molecule has 3 amide bonds. The number of amides is 3. The number of aryl methyl sites for hydroxylation is 1. The number of halogens is 3. The van der Waals surface area contributed by atoms with Gasteiger partial charge in [-0.1, -0.05) is 74.3 Å². The van der Waals surface area contributed by atoms with Crippen molar-refractivity contribution < 1.29 is 18.8 Å². The van der Waals surface area contributed by atoms with Gasteiger partial charge in [-0.25, -0.2) is 4.39 Å². The van der Waals surface area contributed by atoms with Crippen LogP contribution in [0.25, 0.3) is 0 Å². The second-order valence-electron chi connectivity index (χ2n) is 12.2. The number of hydrogen-bond acceptors (Lipinski definition) is 4. The summed E-state index contributed by atoms with van der Waals surface area (Å²) in [5.41, 5.74) is 6.45. The molecule has 1 spiro atoms. The van der Waals surface area contributed by atoms with Crippen LogP contribution in [0.4, 0.5) is 15.8 Å². The molecule has 1 fully saturated rings. The fraction of sp³-hybridized carbons (Fsp3) is 0.344. The van der Waals surface area contributed by atoms with Gasteiger partial charge >= 0.3 is 0 Å². The fourth-order valence-electron chi connectivity index (χ4n) is 6.39. The average Bonchev–Trinajstić information content (AvgIpc) is 3.38. The number of anilines is 2. The number of benzene rings is 3. The van der Waals surface area contributed by atoms with Crippen molar-refractivity contribution in [3.05, 3.63) is 93.2 Å². The Bertz CT molecular complexity index is 1560. The molecule has 42 heavy (non-hydrogen) atoms. The largest absolute Gasteiger partial charge is 0.370 e. The van der Waals surface area contributed by atoms with Gasteiger partial charge in [0.25, 0.3) is 0 Å². The van der Waals surface area contributed by atoms with Gasteiger partial charge in [-0.05, 0) is 65.3 Å². The minimum Gasteiger partial charge on any atom is -0.370 e. The minimum atomic E-state index is -1.33. The van der Waals surface area contributed by atoms with Crippen LogP contribution in [0, 0.1) is 11.2 Å². The Kier molecular flexibility index (Phi) is 8.09. The number of primary amides is 1. The predicted molar refractivity (Wildman–Crippen MR) is 163 cm³/mol. The topological polar surface area (TPSA) is 113 Å². The molecule has 0 saturated carbocycles. The molecule has 10 heteroatoms. The van der Waals surface area contributed by atoms with Crippen LogP contribution in [0.1, 0.15) is 56.2 Å². The molecule has 3 aromatic carbocycles. The smallest absolute Gasteiger partial charge is 0.242 e. The van der Waals surface area contributed by atoms with Crippen molar-refractivity contribution in [2.45, 2.75) is 63.5 Å². The third-order valence-electron chi connectivity index (χ3n) is 8.10. The first-order valence-corrected chi connectivity index (χ1v) is 14.6. The van der Waals surface area contributed by atoms with E-state index in [-0.39, 0.29) is 28.3 Å². The van der Waals surface area contributed by atoms with Gasteiger partial charge in [0.2, 0.25) is 17.7 Å². The number of hydrogen-bond donors (Lipinski definition) is 4. The van der Waals surface area contributed by atoms with E-state index in [2.05, 4.69) is 36.7 Å². The second kappa shape index (κ2) is 11.3. The molecule has 0 radical (unpaired) electrons. The van der Waals surface area contributed by atoms with Crippen LogP contribution in [0.2, 0.25) is 10.0 Å². The Morgan fingerprint density at radius 2 is 1.79 bits per heavy atom. The molecule has 0 bridgehead atoms. The number of carbonyl (C=O) groups excluding carboxylic acids is 3. The summed E-state index contributed by atoms with van der Waals surface area (Å²) >= 11 is 12.6. The molecule has 2 aliphatic heterocycles. The molecule has 5 N–H and O–H groups in total. The van der Waals surface area contributed by atoms with Crippen LogP contribution in [0.3, 0.4) is 0 Å². The Labute approximate surface area is 254 Å². The van der Waals surface area contributed by atoms with Gasteiger partial charge in [0.15, 0.2) is 0 Å². The number of rotatable bonds is 7. The number of nitrogens with two attached hydrogens (primary N) is 1. The van der Waals surface area contributed by atoms with Crippen molar-refractivity contribution in [1.82, 2.24) is 5.32 Å². The number of fused-ring (bicyclic) bond motifs is 2. The summed E-state index contributed by atoms with van der Waals surface area (Å²) in [5, 5.41) is 9.73. The highest BCUT2D eigenvalue weighted by atomic mass is 35.5. The van der Waals surface area contributed by atoms with Crippen LogP contribution in [-0.2, 0) is 26.2 Å². The first-order chi connectivity index (χ1) is 19.8. The molecule has 2 heterocycles. The van der Waals surface area contributed by atoms with Crippen LogP contribution >= 0.6 is 23.2 Å². The monoisotopic (exact) mass is 610 g/mol. The standard InChI is InChI=1S/C32H33Cl2FN4O3/c1-31(2,3)16-24-32(21-13-10-18(33)15-23(21)38-30(32)42)26(20-5-4-6-22(34)27(20)35)28(39-24)29(41)37-19-11-7-17(8-12-19)9-14-25(36)40/h4-8,10-13,15,24,26,28,39H,9,14,16H2,1-3H3,(H2,36,40)(H,37,41)(H,38,42). The van der Waals surface area contributed by atoms with Crippen molar-refractivity contribution in [1.29, 1.82) is 0 Å². The van der Waals surface area contributed by atoms with Crippen molar-refractivity contribution in [2.75, 3.05) is 10.6 Å². The summed E-state index contributed by atoms with van der Waals surface area (Å²) in [7, 11) is 0. The van der Waals surface area contributed by atoms with E-state index in [1.165, 1.54) is 6.07 Å². The molecule has 7 nitrogen and oxygen atoms in total. The summed E-state index contributed by atoms with van der Waals surface area (Å²) in [6, 6.07) is 15.4. The first-order valence-electron chi connectivity index (χ1n) is 13.8. The van der Waals surface area contributed by atoms with Crippen molar-refractivity contribution >= 4 is 52.3 Å². The first kappa shape index (κ1) is 30.0. The number of carbonyl (C=O) groups is 3. The lowest BCUT2D eigenvalue weighted by Gasteiger charge is -2.37. The molecule has 4 unspecified atom stereocenters. The van der Waals surface area contributed by atoms with Gasteiger partial charge in [0.05, 0.1) is 11.1 Å². The molecule has 2 aliphatic rings. The minimum absolute atomic E-state index is 0.0950. The fourth-order valence-corrected chi connectivity index (χ4v) is 6.75. The van der Waals surface area contributed by atoms with E-state index in [1.54, 1.807) is 42.5 Å². The summed E-state index contributed by atoms with van der Waals surface area (Å²) in [4.78, 5) is 39.4. The lowest BCUT2D eigenvalue weighted by Crippen LogP contribution is -2.49. The molecular weight excluding hydrogens is 578 g/mol. The Hall–Kier alpha value is -3.46. The molecular formula is C32H33Cl2FN4O3. The molecule has 1 saturated heterocycles. The zero-order chi connectivity index (χ0) is 30.4. The number of nitrogens with one attached hydrogen (secondary N) is 3. The van der Waals surface area contributed by atoms with E-state index in [1.807, 2.05) is 12.1 Å². The van der Waals surface area contributed by atoms with E-state index in [0.29, 0.717) is 34.8 Å². The second-order valence-corrected chi connectivity index (χ2v) is 13.1. The molecule has 3 aromatic rings. The lowest BCUT2D eigenvalue weighted by atomic mass is 9.62.